The van der Waals surface area contributed by atoms with Crippen molar-refractivity contribution in [1.82, 2.24) is 0 Å². The minimum absolute atomic E-state index is 0.183. The van der Waals surface area contributed by atoms with E-state index in [4.69, 9.17) is 18.9 Å². The molecule has 1 atom stereocenters. The third-order valence-electron chi connectivity index (χ3n) is 3.76. The summed E-state index contributed by atoms with van der Waals surface area (Å²) >= 11 is 0. The van der Waals surface area contributed by atoms with Gasteiger partial charge in [0.15, 0.2) is 0 Å². The van der Waals surface area contributed by atoms with Crippen LogP contribution >= 0.6 is 0 Å². The maximum atomic E-state index is 5.97. The third-order valence-corrected chi connectivity index (χ3v) is 3.76. The van der Waals surface area contributed by atoms with Crippen LogP contribution in [-0.2, 0) is 11.3 Å². The van der Waals surface area contributed by atoms with Crippen molar-refractivity contribution in [3.05, 3.63) is 53.1 Å². The Morgan fingerprint density at radius 1 is 0.952 bits per heavy atom. The highest BCUT2D eigenvalue weighted by atomic mass is 16.5. The number of hydrogen-bond acceptors (Lipinski definition) is 4. The van der Waals surface area contributed by atoms with Gasteiger partial charge in [0, 0.05) is 12.1 Å². The Kier molecular flexibility index (Phi) is 3.71. The number of fused-ring (bicyclic) bond motifs is 1. The second kappa shape index (κ2) is 5.66. The summed E-state index contributed by atoms with van der Waals surface area (Å²) in [4.78, 5) is 0. The van der Waals surface area contributed by atoms with Crippen molar-refractivity contribution in [3.63, 3.8) is 0 Å². The van der Waals surface area contributed by atoms with E-state index in [0.29, 0.717) is 23.9 Å². The Bertz CT molecular complexity index is 626. The van der Waals surface area contributed by atoms with Crippen molar-refractivity contribution in [2.45, 2.75) is 12.7 Å². The van der Waals surface area contributed by atoms with Gasteiger partial charge in [0.05, 0.1) is 33.5 Å². The van der Waals surface area contributed by atoms with Gasteiger partial charge in [-0.05, 0) is 11.1 Å². The van der Waals surface area contributed by atoms with E-state index in [9.17, 15) is 0 Å². The first-order chi connectivity index (χ1) is 10.3. The molecule has 1 unspecified atom stereocenters. The fourth-order valence-corrected chi connectivity index (χ4v) is 2.71. The molecule has 4 nitrogen and oxygen atoms in total. The van der Waals surface area contributed by atoms with Crippen LogP contribution in [0, 0.1) is 0 Å². The fourth-order valence-electron chi connectivity index (χ4n) is 2.71. The molecule has 0 saturated carbocycles. The lowest BCUT2D eigenvalue weighted by Crippen LogP contribution is -2.05. The first kappa shape index (κ1) is 13.8. The van der Waals surface area contributed by atoms with Gasteiger partial charge in [0.2, 0.25) is 0 Å². The third kappa shape index (κ3) is 2.32. The molecule has 110 valence electrons. The molecular weight excluding hydrogens is 268 g/mol. The van der Waals surface area contributed by atoms with Crippen LogP contribution in [0.1, 0.15) is 22.8 Å². The van der Waals surface area contributed by atoms with Crippen LogP contribution in [0.2, 0.25) is 0 Å². The Morgan fingerprint density at radius 3 is 2.24 bits per heavy atom. The lowest BCUT2D eigenvalue weighted by molar-refractivity contribution is 0.0899. The van der Waals surface area contributed by atoms with Gasteiger partial charge in [-0.15, -0.1) is 0 Å². The molecule has 1 heterocycles. The van der Waals surface area contributed by atoms with Gasteiger partial charge in [-0.25, -0.2) is 0 Å². The first-order valence-electron chi connectivity index (χ1n) is 6.77. The molecule has 0 saturated heterocycles. The summed E-state index contributed by atoms with van der Waals surface area (Å²) in [5, 5.41) is 0. The van der Waals surface area contributed by atoms with Gasteiger partial charge < -0.3 is 18.9 Å². The maximum absolute atomic E-state index is 5.97. The van der Waals surface area contributed by atoms with Gasteiger partial charge in [-0.2, -0.15) is 0 Å². The van der Waals surface area contributed by atoms with E-state index >= 15 is 0 Å². The quantitative estimate of drug-likeness (QED) is 0.864. The lowest BCUT2D eigenvalue weighted by atomic mass is 9.97. The van der Waals surface area contributed by atoms with Crippen LogP contribution in [0.3, 0.4) is 0 Å². The predicted octanol–water partition coefficient (Wildman–Crippen LogP) is 3.33. The number of rotatable bonds is 4. The molecule has 0 bridgehead atoms. The summed E-state index contributed by atoms with van der Waals surface area (Å²) in [7, 11) is 4.90. The van der Waals surface area contributed by atoms with Crippen molar-refractivity contribution in [3.8, 4) is 17.2 Å². The molecule has 2 aromatic rings. The number of hydrogen-bond donors (Lipinski definition) is 0. The van der Waals surface area contributed by atoms with Crippen LogP contribution in [0.5, 0.6) is 17.2 Å². The average molecular weight is 286 g/mol. The molecule has 4 heteroatoms. The highest BCUT2D eigenvalue weighted by Crippen LogP contribution is 2.45. The lowest BCUT2D eigenvalue weighted by Gasteiger charge is -2.20. The molecule has 0 N–H and O–H groups in total. The van der Waals surface area contributed by atoms with E-state index in [1.807, 2.05) is 24.3 Å². The fraction of sp³-hybridized carbons (Fsp3) is 0.294. The van der Waals surface area contributed by atoms with Crippen LogP contribution in [0.4, 0.5) is 0 Å². The second-order valence-electron chi connectivity index (χ2n) is 4.84. The highest BCUT2D eigenvalue weighted by molar-refractivity contribution is 5.55. The van der Waals surface area contributed by atoms with Crippen molar-refractivity contribution < 1.29 is 18.9 Å². The molecule has 1 aliphatic heterocycles. The van der Waals surface area contributed by atoms with E-state index in [1.54, 1.807) is 21.3 Å². The largest absolute Gasteiger partial charge is 0.496 e. The SMILES string of the molecule is COc1cc(OC)c(C2OCc3ccccc32)c(OC)c1. The molecule has 21 heavy (non-hydrogen) atoms. The number of methoxy groups -OCH3 is 3. The van der Waals surface area contributed by atoms with E-state index in [2.05, 4.69) is 12.1 Å². The van der Waals surface area contributed by atoms with Crippen molar-refractivity contribution in [1.29, 1.82) is 0 Å². The summed E-state index contributed by atoms with van der Waals surface area (Å²) in [5.74, 6) is 2.10. The highest BCUT2D eigenvalue weighted by Gasteiger charge is 2.30. The maximum Gasteiger partial charge on any atom is 0.132 e. The molecular formula is C17H18O4. The predicted molar refractivity (Wildman–Crippen MR) is 79.2 cm³/mol. The zero-order valence-corrected chi connectivity index (χ0v) is 12.4. The molecule has 3 rings (SSSR count). The van der Waals surface area contributed by atoms with Crippen LogP contribution < -0.4 is 14.2 Å². The zero-order chi connectivity index (χ0) is 14.8. The number of benzene rings is 2. The average Bonchev–Trinajstić information content (AvgIpc) is 2.97. The molecule has 0 amide bonds. The van der Waals surface area contributed by atoms with E-state index in [-0.39, 0.29) is 6.10 Å². The monoisotopic (exact) mass is 286 g/mol. The van der Waals surface area contributed by atoms with Gasteiger partial charge >= 0.3 is 0 Å². The smallest absolute Gasteiger partial charge is 0.132 e. The molecule has 0 spiro atoms. The summed E-state index contributed by atoms with van der Waals surface area (Å²) < 4.78 is 22.3. The van der Waals surface area contributed by atoms with Crippen molar-refractivity contribution in [2.75, 3.05) is 21.3 Å². The summed E-state index contributed by atoms with van der Waals surface area (Å²) in [6, 6.07) is 11.9. The Balaban J connectivity index is 2.14. The molecule has 1 aliphatic rings. The van der Waals surface area contributed by atoms with Crippen molar-refractivity contribution >= 4 is 0 Å². The Morgan fingerprint density at radius 2 is 1.62 bits per heavy atom. The van der Waals surface area contributed by atoms with Gasteiger partial charge in [0.1, 0.15) is 23.4 Å². The zero-order valence-electron chi connectivity index (χ0n) is 12.4. The number of ether oxygens (including phenoxy) is 4. The standard InChI is InChI=1S/C17H18O4/c1-18-12-8-14(19-2)16(15(9-12)20-3)17-13-7-5-4-6-11(13)10-21-17/h4-9,17H,10H2,1-3H3. The Labute approximate surface area is 124 Å². The summed E-state index contributed by atoms with van der Waals surface area (Å²) in [6.45, 7) is 0.596. The van der Waals surface area contributed by atoms with Gasteiger partial charge in [0.25, 0.3) is 0 Å². The van der Waals surface area contributed by atoms with Crippen LogP contribution in [0.15, 0.2) is 36.4 Å². The molecule has 0 aromatic heterocycles. The first-order valence-corrected chi connectivity index (χ1v) is 6.77. The Hall–Kier alpha value is -2.20. The van der Waals surface area contributed by atoms with Gasteiger partial charge in [-0.3, -0.25) is 0 Å². The minimum Gasteiger partial charge on any atom is -0.496 e. The van der Waals surface area contributed by atoms with Crippen molar-refractivity contribution in [2.24, 2.45) is 0 Å². The molecule has 2 aromatic carbocycles. The topological polar surface area (TPSA) is 36.9 Å². The second-order valence-corrected chi connectivity index (χ2v) is 4.84. The molecule has 0 radical (unpaired) electrons. The normalized spacial score (nSPS) is 16.4. The minimum atomic E-state index is -0.183. The van der Waals surface area contributed by atoms with E-state index in [1.165, 1.54) is 5.56 Å². The molecule has 0 aliphatic carbocycles. The van der Waals surface area contributed by atoms with Gasteiger partial charge in [-0.1, -0.05) is 24.3 Å². The van der Waals surface area contributed by atoms with Crippen LogP contribution in [-0.4, -0.2) is 21.3 Å². The summed E-state index contributed by atoms with van der Waals surface area (Å²) in [6.07, 6.45) is -0.183. The van der Waals surface area contributed by atoms with E-state index in [0.717, 1.165) is 11.1 Å². The van der Waals surface area contributed by atoms with Crippen LogP contribution in [0.25, 0.3) is 0 Å². The van der Waals surface area contributed by atoms with E-state index < -0.39 is 0 Å². The summed E-state index contributed by atoms with van der Waals surface area (Å²) in [5.41, 5.74) is 3.24. The molecule has 0 fully saturated rings.